The lowest BCUT2D eigenvalue weighted by Gasteiger charge is -2.36. The summed E-state index contributed by atoms with van der Waals surface area (Å²) in [4.78, 5) is 13.9. The topological polar surface area (TPSA) is 72.4 Å². The molecule has 88 valence electrons. The molecule has 0 saturated carbocycles. The molecule has 1 fully saturated rings. The molecule has 4 N–H and O–H groups in total. The highest BCUT2D eigenvalue weighted by Crippen LogP contribution is 2.16. The Labute approximate surface area is 92.0 Å². The Morgan fingerprint density at radius 2 is 2.27 bits per heavy atom. The molecular formula is C11H23N3O. The van der Waals surface area contributed by atoms with Crippen molar-refractivity contribution in [3.05, 3.63) is 0 Å². The Bertz CT molecular complexity index is 228. The summed E-state index contributed by atoms with van der Waals surface area (Å²) < 4.78 is 0. The molecule has 4 nitrogen and oxygen atoms in total. The van der Waals surface area contributed by atoms with Crippen LogP contribution in [0.4, 0.5) is 0 Å². The average Bonchev–Trinajstić information content (AvgIpc) is 2.16. The largest absolute Gasteiger partial charge is 0.340 e. The van der Waals surface area contributed by atoms with Crippen molar-refractivity contribution >= 4 is 5.91 Å². The van der Waals surface area contributed by atoms with Crippen molar-refractivity contribution in [2.45, 2.75) is 51.1 Å². The van der Waals surface area contributed by atoms with Gasteiger partial charge in [0.15, 0.2) is 0 Å². The van der Waals surface area contributed by atoms with E-state index >= 15 is 0 Å². The van der Waals surface area contributed by atoms with Crippen molar-refractivity contribution in [2.75, 3.05) is 13.1 Å². The van der Waals surface area contributed by atoms with E-state index in [4.69, 9.17) is 11.5 Å². The highest BCUT2D eigenvalue weighted by atomic mass is 16.2. The molecule has 1 heterocycles. The van der Waals surface area contributed by atoms with Gasteiger partial charge in [0.1, 0.15) is 0 Å². The zero-order chi connectivity index (χ0) is 11.5. The summed E-state index contributed by atoms with van der Waals surface area (Å²) in [6, 6.07) is 0.125. The number of hydrogen-bond acceptors (Lipinski definition) is 3. The number of rotatable bonds is 3. The van der Waals surface area contributed by atoms with Crippen LogP contribution in [0.3, 0.4) is 0 Å². The van der Waals surface area contributed by atoms with E-state index in [2.05, 4.69) is 0 Å². The Morgan fingerprint density at radius 1 is 1.60 bits per heavy atom. The third-order valence-corrected chi connectivity index (χ3v) is 3.00. The van der Waals surface area contributed by atoms with Crippen molar-refractivity contribution in [2.24, 2.45) is 11.5 Å². The normalized spacial score (nSPS) is 26.1. The van der Waals surface area contributed by atoms with E-state index in [1.54, 1.807) is 0 Å². The van der Waals surface area contributed by atoms with Gasteiger partial charge in [0.05, 0.1) is 5.54 Å². The number of likely N-dealkylation sites (tertiary alicyclic amines) is 1. The molecule has 0 aliphatic carbocycles. The summed E-state index contributed by atoms with van der Waals surface area (Å²) in [5, 5.41) is 0. The number of nitrogens with zero attached hydrogens (tertiary/aromatic N) is 1. The van der Waals surface area contributed by atoms with Gasteiger partial charge in [0.25, 0.3) is 0 Å². The van der Waals surface area contributed by atoms with E-state index in [9.17, 15) is 4.79 Å². The molecule has 0 bridgehead atoms. The van der Waals surface area contributed by atoms with Crippen LogP contribution in [0, 0.1) is 0 Å². The van der Waals surface area contributed by atoms with Crippen LogP contribution in [-0.2, 0) is 4.79 Å². The first-order chi connectivity index (χ1) is 6.97. The average molecular weight is 213 g/mol. The van der Waals surface area contributed by atoms with Gasteiger partial charge < -0.3 is 16.4 Å². The van der Waals surface area contributed by atoms with E-state index in [-0.39, 0.29) is 11.9 Å². The number of piperidine rings is 1. The number of amides is 1. The lowest BCUT2D eigenvalue weighted by atomic mass is 9.94. The number of carbonyl (C=O) groups excluding carboxylic acids is 1. The minimum absolute atomic E-state index is 0.0551. The van der Waals surface area contributed by atoms with Crippen molar-refractivity contribution in [1.29, 1.82) is 0 Å². The Kier molecular flexibility index (Phi) is 4.11. The van der Waals surface area contributed by atoms with Crippen molar-refractivity contribution in [3.63, 3.8) is 0 Å². The van der Waals surface area contributed by atoms with Gasteiger partial charge in [-0.3, -0.25) is 4.79 Å². The van der Waals surface area contributed by atoms with Gasteiger partial charge in [0, 0.05) is 19.1 Å². The molecule has 0 radical (unpaired) electrons. The van der Waals surface area contributed by atoms with Gasteiger partial charge in [-0.2, -0.15) is 0 Å². The summed E-state index contributed by atoms with van der Waals surface area (Å²) in [6.07, 6.45) is 3.67. The zero-order valence-electron chi connectivity index (χ0n) is 9.83. The third kappa shape index (κ3) is 3.18. The second-order valence-electron chi connectivity index (χ2n) is 4.82. The summed E-state index contributed by atoms with van der Waals surface area (Å²) in [5.41, 5.74) is 11.1. The van der Waals surface area contributed by atoms with Gasteiger partial charge >= 0.3 is 0 Å². The second-order valence-corrected chi connectivity index (χ2v) is 4.82. The van der Waals surface area contributed by atoms with Crippen LogP contribution in [0.1, 0.15) is 39.5 Å². The van der Waals surface area contributed by atoms with Crippen LogP contribution < -0.4 is 11.5 Å². The van der Waals surface area contributed by atoms with Gasteiger partial charge in [-0.15, -0.1) is 0 Å². The number of nitrogens with two attached hydrogens (primary N) is 2. The van der Waals surface area contributed by atoms with Crippen molar-refractivity contribution in [1.82, 2.24) is 4.90 Å². The smallest absolute Gasteiger partial charge is 0.242 e. The van der Waals surface area contributed by atoms with Crippen LogP contribution in [0.5, 0.6) is 0 Å². The van der Waals surface area contributed by atoms with Crippen LogP contribution in [-0.4, -0.2) is 35.5 Å². The highest BCUT2D eigenvalue weighted by molar-refractivity contribution is 5.85. The number of carbonyl (C=O) groups is 1. The Morgan fingerprint density at radius 3 is 2.80 bits per heavy atom. The monoisotopic (exact) mass is 213 g/mol. The maximum atomic E-state index is 12.1. The van der Waals surface area contributed by atoms with Crippen LogP contribution >= 0.6 is 0 Å². The van der Waals surface area contributed by atoms with Gasteiger partial charge in [-0.1, -0.05) is 13.3 Å². The predicted molar refractivity (Wildman–Crippen MR) is 61.3 cm³/mol. The van der Waals surface area contributed by atoms with Crippen LogP contribution in [0.25, 0.3) is 0 Å². The second kappa shape index (κ2) is 4.94. The molecule has 2 atom stereocenters. The fourth-order valence-electron chi connectivity index (χ4n) is 2.18. The molecule has 0 aromatic carbocycles. The molecule has 1 aliphatic heterocycles. The molecule has 1 saturated heterocycles. The van der Waals surface area contributed by atoms with Crippen LogP contribution in [0.2, 0.25) is 0 Å². The predicted octanol–water partition coefficient (Wildman–Crippen LogP) is 0.454. The summed E-state index contributed by atoms with van der Waals surface area (Å²) in [7, 11) is 0. The lowest BCUT2D eigenvalue weighted by Crippen LogP contribution is -2.57. The third-order valence-electron chi connectivity index (χ3n) is 3.00. The first kappa shape index (κ1) is 12.5. The lowest BCUT2D eigenvalue weighted by molar-refractivity contribution is -0.137. The first-order valence-electron chi connectivity index (χ1n) is 5.81. The maximum absolute atomic E-state index is 12.1. The van der Waals surface area contributed by atoms with Gasteiger partial charge in [0.2, 0.25) is 5.91 Å². The summed E-state index contributed by atoms with van der Waals surface area (Å²) in [5.74, 6) is 0.0551. The molecule has 0 aromatic heterocycles. The first-order valence-corrected chi connectivity index (χ1v) is 5.81. The van der Waals surface area contributed by atoms with Gasteiger partial charge in [-0.25, -0.2) is 0 Å². The summed E-state index contributed by atoms with van der Waals surface area (Å²) in [6.45, 7) is 5.33. The molecular weight excluding hydrogens is 190 g/mol. The molecule has 1 aliphatic rings. The molecule has 4 heteroatoms. The van der Waals surface area contributed by atoms with E-state index in [1.165, 1.54) is 0 Å². The Hall–Kier alpha value is -0.610. The molecule has 1 rings (SSSR count). The minimum atomic E-state index is -0.716. The van der Waals surface area contributed by atoms with Crippen molar-refractivity contribution in [3.8, 4) is 0 Å². The molecule has 2 unspecified atom stereocenters. The van der Waals surface area contributed by atoms with E-state index in [1.807, 2.05) is 18.7 Å². The fraction of sp³-hybridized carbons (Fsp3) is 0.909. The van der Waals surface area contributed by atoms with E-state index in [0.29, 0.717) is 6.54 Å². The maximum Gasteiger partial charge on any atom is 0.242 e. The fourth-order valence-corrected chi connectivity index (χ4v) is 2.18. The van der Waals surface area contributed by atoms with E-state index in [0.717, 1.165) is 32.2 Å². The quantitative estimate of drug-likeness (QED) is 0.715. The summed E-state index contributed by atoms with van der Waals surface area (Å²) >= 11 is 0. The molecule has 15 heavy (non-hydrogen) atoms. The van der Waals surface area contributed by atoms with Crippen LogP contribution in [0.15, 0.2) is 0 Å². The SMILES string of the molecule is CCCC(C)(N)C(=O)N1CCCC(N)C1. The minimum Gasteiger partial charge on any atom is -0.340 e. The molecule has 0 aromatic rings. The van der Waals surface area contributed by atoms with Crippen molar-refractivity contribution < 1.29 is 4.79 Å². The molecule has 0 spiro atoms. The van der Waals surface area contributed by atoms with Gasteiger partial charge in [-0.05, 0) is 26.2 Å². The zero-order valence-corrected chi connectivity index (χ0v) is 9.83. The van der Waals surface area contributed by atoms with E-state index < -0.39 is 5.54 Å². The number of hydrogen-bond donors (Lipinski definition) is 2. The standard InChI is InChI=1S/C11H23N3O/c1-3-6-11(2,13)10(15)14-7-4-5-9(12)8-14/h9H,3-8,12-13H2,1-2H3. The Balaban J connectivity index is 2.58. The highest BCUT2D eigenvalue weighted by Gasteiger charge is 2.33. The molecule has 1 amide bonds.